The van der Waals surface area contributed by atoms with Gasteiger partial charge in [-0.25, -0.2) is 4.58 Å². The van der Waals surface area contributed by atoms with Crippen molar-refractivity contribution in [2.75, 3.05) is 35.3 Å². The van der Waals surface area contributed by atoms with Crippen molar-refractivity contribution in [1.82, 2.24) is 4.90 Å². The van der Waals surface area contributed by atoms with Crippen LogP contribution in [0.3, 0.4) is 0 Å². The fourth-order valence-electron chi connectivity index (χ4n) is 0.660. The Hall–Kier alpha value is -0.120. The topological polar surface area (TPSA) is 15.5 Å². The van der Waals surface area contributed by atoms with Crippen LogP contribution in [0.2, 0.25) is 0 Å². The predicted molar refractivity (Wildman–Crippen MR) is 56.5 cm³/mol. The van der Waals surface area contributed by atoms with E-state index in [4.69, 9.17) is 27.9 Å². The van der Waals surface area contributed by atoms with Crippen molar-refractivity contribution in [3.8, 4) is 0 Å². The molecule has 14 heavy (non-hydrogen) atoms. The lowest BCUT2D eigenvalue weighted by atomic mass is 10.5. The zero-order valence-electron chi connectivity index (χ0n) is 8.94. The summed E-state index contributed by atoms with van der Waals surface area (Å²) >= 11 is 11.9. The molecule has 0 amide bonds. The quantitative estimate of drug-likeness (QED) is 0.266. The van der Waals surface area contributed by atoms with Crippen LogP contribution >= 0.6 is 23.2 Å². The SMILES string of the molecule is CO/C(C(Cl)=[N+](C)C)=C(/Cl)N(C)C.[Cl-]. The minimum Gasteiger partial charge on any atom is -1.00 e. The first-order valence-electron chi connectivity index (χ1n) is 3.73. The molecule has 84 valence electrons. The highest BCUT2D eigenvalue weighted by atomic mass is 35.5. The lowest BCUT2D eigenvalue weighted by Crippen LogP contribution is -3.00. The summed E-state index contributed by atoms with van der Waals surface area (Å²) in [6.45, 7) is 0. The highest BCUT2D eigenvalue weighted by Gasteiger charge is 2.18. The lowest BCUT2D eigenvalue weighted by Gasteiger charge is -2.13. The van der Waals surface area contributed by atoms with Crippen molar-refractivity contribution in [3.05, 3.63) is 10.9 Å². The van der Waals surface area contributed by atoms with Gasteiger partial charge in [-0.1, -0.05) is 11.6 Å². The van der Waals surface area contributed by atoms with E-state index >= 15 is 0 Å². The number of hydrogen-bond donors (Lipinski definition) is 0. The maximum atomic E-state index is 5.97. The molecular weight excluding hydrogens is 246 g/mol. The van der Waals surface area contributed by atoms with E-state index in [2.05, 4.69) is 0 Å². The Kier molecular flexibility index (Phi) is 8.40. The third-order valence-corrected chi connectivity index (χ3v) is 2.38. The van der Waals surface area contributed by atoms with Gasteiger partial charge in [0.25, 0.3) is 0 Å². The van der Waals surface area contributed by atoms with Crippen LogP contribution in [-0.4, -0.2) is 49.9 Å². The van der Waals surface area contributed by atoms with Gasteiger partial charge < -0.3 is 22.0 Å². The van der Waals surface area contributed by atoms with E-state index in [1.165, 1.54) is 7.11 Å². The second-order valence-corrected chi connectivity index (χ2v) is 3.62. The van der Waals surface area contributed by atoms with Gasteiger partial charge in [0.1, 0.15) is 14.1 Å². The Labute approximate surface area is 101 Å². The first kappa shape index (κ1) is 16.3. The number of methoxy groups -OCH3 is 1. The minimum atomic E-state index is 0. The molecule has 0 heterocycles. The molecule has 0 saturated heterocycles. The second-order valence-electron chi connectivity index (χ2n) is 2.90. The third-order valence-electron chi connectivity index (χ3n) is 1.36. The summed E-state index contributed by atoms with van der Waals surface area (Å²) in [4.78, 5) is 1.73. The van der Waals surface area contributed by atoms with Gasteiger partial charge in [-0.05, 0) is 11.6 Å². The smallest absolute Gasteiger partial charge is 0.315 e. The summed E-state index contributed by atoms with van der Waals surface area (Å²) in [6, 6.07) is 0. The number of rotatable bonds is 3. The fraction of sp³-hybridized carbons (Fsp3) is 0.625. The molecule has 0 aliphatic rings. The zero-order chi connectivity index (χ0) is 10.6. The third kappa shape index (κ3) is 4.40. The largest absolute Gasteiger partial charge is 1.00 e. The van der Waals surface area contributed by atoms with Crippen molar-refractivity contribution >= 4 is 28.4 Å². The molecule has 0 aromatic rings. The maximum Gasteiger partial charge on any atom is 0.315 e. The molecule has 0 aromatic heterocycles. The number of halogens is 3. The first-order valence-corrected chi connectivity index (χ1v) is 4.48. The summed E-state index contributed by atoms with van der Waals surface area (Å²) in [7, 11) is 8.82. The van der Waals surface area contributed by atoms with Crippen molar-refractivity contribution < 1.29 is 21.7 Å². The molecule has 0 unspecified atom stereocenters. The summed E-state index contributed by atoms with van der Waals surface area (Å²) in [5, 5.41) is 0.947. The minimum absolute atomic E-state index is 0. The molecule has 0 atom stereocenters. The molecule has 0 bridgehead atoms. The van der Waals surface area contributed by atoms with Gasteiger partial charge in [-0.2, -0.15) is 0 Å². The highest BCUT2D eigenvalue weighted by Crippen LogP contribution is 2.15. The highest BCUT2D eigenvalue weighted by molar-refractivity contribution is 6.68. The molecule has 0 aliphatic carbocycles. The lowest BCUT2D eigenvalue weighted by molar-refractivity contribution is -0.462. The zero-order valence-corrected chi connectivity index (χ0v) is 11.2. The van der Waals surface area contributed by atoms with Crippen LogP contribution in [0, 0.1) is 0 Å². The van der Waals surface area contributed by atoms with Crippen LogP contribution in [-0.2, 0) is 4.74 Å². The normalized spacial score (nSPS) is 11.1. The van der Waals surface area contributed by atoms with Gasteiger partial charge in [0, 0.05) is 14.1 Å². The summed E-state index contributed by atoms with van der Waals surface area (Å²) in [5.41, 5.74) is 0. The molecule has 0 aliphatic heterocycles. The van der Waals surface area contributed by atoms with E-state index in [1.807, 2.05) is 28.2 Å². The fourth-order valence-corrected chi connectivity index (χ4v) is 1.04. The van der Waals surface area contributed by atoms with Gasteiger partial charge in [0.2, 0.25) is 5.76 Å². The van der Waals surface area contributed by atoms with Crippen molar-refractivity contribution in [2.24, 2.45) is 0 Å². The second kappa shape index (κ2) is 7.21. The van der Waals surface area contributed by atoms with E-state index in [1.54, 1.807) is 9.48 Å². The van der Waals surface area contributed by atoms with Gasteiger partial charge in [-0.3, -0.25) is 0 Å². The van der Waals surface area contributed by atoms with Gasteiger partial charge in [0.15, 0.2) is 5.16 Å². The van der Waals surface area contributed by atoms with Crippen molar-refractivity contribution in [1.29, 1.82) is 0 Å². The van der Waals surface area contributed by atoms with Crippen LogP contribution in [0.1, 0.15) is 0 Å². The Balaban J connectivity index is 0. The Morgan fingerprint density at radius 3 is 1.86 bits per heavy atom. The monoisotopic (exact) mass is 260 g/mol. The van der Waals surface area contributed by atoms with Crippen LogP contribution in [0.4, 0.5) is 0 Å². The van der Waals surface area contributed by atoms with Crippen LogP contribution < -0.4 is 12.4 Å². The number of nitrogens with zero attached hydrogens (tertiary/aromatic N) is 2. The molecule has 0 aromatic carbocycles. The van der Waals surface area contributed by atoms with Gasteiger partial charge in [0.05, 0.1) is 7.11 Å². The van der Waals surface area contributed by atoms with Gasteiger partial charge in [-0.15, -0.1) is 0 Å². The van der Waals surface area contributed by atoms with E-state index in [9.17, 15) is 0 Å². The Morgan fingerprint density at radius 1 is 1.21 bits per heavy atom. The Morgan fingerprint density at radius 2 is 1.64 bits per heavy atom. The molecule has 3 nitrogen and oxygen atoms in total. The molecular formula is C8H15Cl3N2O. The van der Waals surface area contributed by atoms with Gasteiger partial charge >= 0.3 is 5.17 Å². The van der Waals surface area contributed by atoms with Crippen molar-refractivity contribution in [2.45, 2.75) is 0 Å². The summed E-state index contributed by atoms with van der Waals surface area (Å²) in [5.74, 6) is 0.471. The van der Waals surface area contributed by atoms with E-state index in [0.717, 1.165) is 0 Å². The standard InChI is InChI=1S/C8H15Cl2N2O.ClH/c1-11(2)7(9)6(13-5)8(10)12(3)4;/h1-5H3;1H/q+1;/p-1. The maximum absolute atomic E-state index is 5.97. The van der Waals surface area contributed by atoms with Crippen LogP contribution in [0.25, 0.3) is 0 Å². The summed E-state index contributed by atoms with van der Waals surface area (Å²) < 4.78 is 6.82. The molecule has 0 saturated carbocycles. The Bertz CT molecular complexity index is 245. The molecule has 0 radical (unpaired) electrons. The molecule has 0 N–H and O–H groups in total. The molecule has 0 rings (SSSR count). The van der Waals surface area contributed by atoms with E-state index in [0.29, 0.717) is 16.1 Å². The number of allylic oxidation sites excluding steroid dienone is 1. The van der Waals surface area contributed by atoms with E-state index < -0.39 is 0 Å². The number of ether oxygens (including phenoxy) is 1. The average molecular weight is 262 g/mol. The molecule has 0 spiro atoms. The number of hydrogen-bond acceptors (Lipinski definition) is 2. The average Bonchev–Trinajstić information content (AvgIpc) is 2.04. The predicted octanol–water partition coefficient (Wildman–Crippen LogP) is -1.48. The van der Waals surface area contributed by atoms with Crippen LogP contribution in [0.5, 0.6) is 0 Å². The van der Waals surface area contributed by atoms with E-state index in [-0.39, 0.29) is 12.4 Å². The summed E-state index contributed by atoms with van der Waals surface area (Å²) in [6.07, 6.45) is 0. The molecule has 6 heteroatoms. The van der Waals surface area contributed by atoms with Crippen molar-refractivity contribution in [3.63, 3.8) is 0 Å². The first-order chi connectivity index (χ1) is 5.91. The molecule has 0 fully saturated rings. The van der Waals surface area contributed by atoms with Crippen LogP contribution in [0.15, 0.2) is 10.9 Å².